The number of rotatable bonds is 9. The maximum atomic E-state index is 12.9. The maximum Gasteiger partial charge on any atom is 0.267 e. The second-order valence-electron chi connectivity index (χ2n) is 9.05. The normalized spacial score (nSPS) is 16.1. The fourth-order valence-electron chi connectivity index (χ4n) is 4.55. The molecule has 2 aliphatic heterocycles. The summed E-state index contributed by atoms with van der Waals surface area (Å²) in [5.74, 6) is 0.117. The molecule has 0 radical (unpaired) electrons. The minimum atomic E-state index is -0.637. The zero-order valence-electron chi connectivity index (χ0n) is 20.9. The summed E-state index contributed by atoms with van der Waals surface area (Å²) < 4.78 is 11.5. The van der Waals surface area contributed by atoms with Crippen molar-refractivity contribution >= 4 is 35.0 Å². The summed E-state index contributed by atoms with van der Waals surface area (Å²) in [6, 6.07) is 21.2. The Bertz CT molecular complexity index is 1360. The number of imide groups is 1. The van der Waals surface area contributed by atoms with Crippen molar-refractivity contribution in [2.45, 2.75) is 25.9 Å². The zero-order valence-corrected chi connectivity index (χ0v) is 20.9. The summed E-state index contributed by atoms with van der Waals surface area (Å²) in [5, 5.41) is 2.83. The summed E-state index contributed by atoms with van der Waals surface area (Å²) in [6.45, 7) is 2.45. The Labute approximate surface area is 219 Å². The largest absolute Gasteiger partial charge is 0.492 e. The molecule has 194 valence electrons. The second-order valence-corrected chi connectivity index (χ2v) is 9.05. The Balaban J connectivity index is 1.18. The van der Waals surface area contributed by atoms with Gasteiger partial charge >= 0.3 is 0 Å². The first-order valence-corrected chi connectivity index (χ1v) is 12.5. The topological polar surface area (TPSA) is 105 Å². The van der Waals surface area contributed by atoms with Crippen molar-refractivity contribution in [1.82, 2.24) is 4.90 Å². The van der Waals surface area contributed by atoms with Crippen molar-refractivity contribution in [2.24, 2.45) is 0 Å². The highest BCUT2D eigenvalue weighted by atomic mass is 16.5. The van der Waals surface area contributed by atoms with E-state index < -0.39 is 6.10 Å². The number of nitrogens with zero attached hydrogens (tertiary/aromatic N) is 2. The molecule has 1 N–H and O–H groups in total. The van der Waals surface area contributed by atoms with Crippen LogP contribution in [0.25, 0.3) is 0 Å². The van der Waals surface area contributed by atoms with Gasteiger partial charge in [0.2, 0.25) is 5.91 Å². The van der Waals surface area contributed by atoms with Gasteiger partial charge in [0, 0.05) is 18.7 Å². The molecule has 0 aliphatic carbocycles. The molecular weight excluding hydrogens is 486 g/mol. The lowest BCUT2D eigenvalue weighted by Crippen LogP contribution is -2.46. The predicted octanol–water partition coefficient (Wildman–Crippen LogP) is 3.89. The van der Waals surface area contributed by atoms with Crippen LogP contribution in [0.4, 0.5) is 11.4 Å². The summed E-state index contributed by atoms with van der Waals surface area (Å²) in [7, 11) is 0. The van der Waals surface area contributed by atoms with Crippen LogP contribution < -0.4 is 19.7 Å². The molecule has 0 fully saturated rings. The average Bonchev–Trinajstić information content (AvgIpc) is 3.17. The summed E-state index contributed by atoms with van der Waals surface area (Å²) in [6.07, 6.45) is -0.197. The van der Waals surface area contributed by atoms with Crippen molar-refractivity contribution in [3.05, 3.63) is 83.9 Å². The molecule has 38 heavy (non-hydrogen) atoms. The minimum absolute atomic E-state index is 0.117. The van der Waals surface area contributed by atoms with E-state index in [0.29, 0.717) is 47.0 Å². The number of carbonyl (C=O) groups is 4. The molecule has 0 saturated heterocycles. The molecule has 3 aromatic rings. The van der Waals surface area contributed by atoms with E-state index in [1.807, 2.05) is 30.3 Å². The number of anilines is 2. The molecule has 9 heteroatoms. The molecule has 1 atom stereocenters. The fraction of sp³-hybridized carbons (Fsp3) is 0.241. The van der Waals surface area contributed by atoms with Gasteiger partial charge in [0.15, 0.2) is 6.10 Å². The molecule has 0 aromatic heterocycles. The molecule has 0 spiro atoms. The Hall–Kier alpha value is -4.66. The zero-order chi connectivity index (χ0) is 26.6. The quantitative estimate of drug-likeness (QED) is 0.435. The van der Waals surface area contributed by atoms with Crippen LogP contribution in [0.1, 0.15) is 40.5 Å². The number of benzene rings is 3. The van der Waals surface area contributed by atoms with Crippen molar-refractivity contribution in [3.63, 3.8) is 0 Å². The van der Waals surface area contributed by atoms with E-state index in [1.165, 1.54) is 4.90 Å². The van der Waals surface area contributed by atoms with Gasteiger partial charge in [0.1, 0.15) is 18.1 Å². The molecule has 2 heterocycles. The van der Waals surface area contributed by atoms with Gasteiger partial charge < -0.3 is 19.7 Å². The maximum absolute atomic E-state index is 12.9. The SMILES string of the molecule is CC1Oc2ccc(NC(=O)CCCN3C(=O)c4ccccc4C3=O)cc2N(CCOc2ccccc2)C1=O. The van der Waals surface area contributed by atoms with Gasteiger partial charge in [0.05, 0.1) is 23.4 Å². The number of para-hydroxylation sites is 1. The Morgan fingerprint density at radius 1 is 0.895 bits per heavy atom. The molecule has 9 nitrogen and oxygen atoms in total. The van der Waals surface area contributed by atoms with Crippen LogP contribution in [-0.2, 0) is 9.59 Å². The lowest BCUT2D eigenvalue weighted by Gasteiger charge is -2.33. The minimum Gasteiger partial charge on any atom is -0.492 e. The molecule has 2 aliphatic rings. The lowest BCUT2D eigenvalue weighted by molar-refractivity contribution is -0.125. The molecule has 4 amide bonds. The highest BCUT2D eigenvalue weighted by Gasteiger charge is 2.35. The lowest BCUT2D eigenvalue weighted by atomic mass is 10.1. The average molecular weight is 514 g/mol. The smallest absolute Gasteiger partial charge is 0.267 e. The standard InChI is InChI=1S/C29H27N3O6/c1-19-27(34)31(16-17-37-21-8-3-2-4-9-21)24-18-20(13-14-25(24)38-19)30-26(33)12-7-15-32-28(35)22-10-5-6-11-23(22)29(32)36/h2-6,8-11,13-14,18-19H,7,12,15-17H2,1H3,(H,30,33). The van der Waals surface area contributed by atoms with Gasteiger partial charge in [-0.2, -0.15) is 0 Å². The Kier molecular flexibility index (Phi) is 7.08. The number of fused-ring (bicyclic) bond motifs is 2. The Morgan fingerprint density at radius 2 is 1.58 bits per heavy atom. The van der Waals surface area contributed by atoms with Crippen molar-refractivity contribution in [3.8, 4) is 11.5 Å². The second kappa shape index (κ2) is 10.8. The molecular formula is C29H27N3O6. The van der Waals surface area contributed by atoms with Crippen LogP contribution in [0.15, 0.2) is 72.8 Å². The Morgan fingerprint density at radius 3 is 2.29 bits per heavy atom. The summed E-state index contributed by atoms with van der Waals surface area (Å²) >= 11 is 0. The van der Waals surface area contributed by atoms with Gasteiger partial charge in [-0.3, -0.25) is 24.1 Å². The summed E-state index contributed by atoms with van der Waals surface area (Å²) in [5.41, 5.74) is 1.84. The molecule has 0 bridgehead atoms. The van der Waals surface area contributed by atoms with Gasteiger partial charge in [-0.05, 0) is 55.8 Å². The van der Waals surface area contributed by atoms with Crippen molar-refractivity contribution in [2.75, 3.05) is 29.9 Å². The van der Waals surface area contributed by atoms with Crippen LogP contribution in [0.5, 0.6) is 11.5 Å². The first-order chi connectivity index (χ1) is 18.4. The van der Waals surface area contributed by atoms with Crippen LogP contribution in [-0.4, -0.2) is 54.3 Å². The highest BCUT2D eigenvalue weighted by Crippen LogP contribution is 2.36. The first kappa shape index (κ1) is 25.0. The van der Waals surface area contributed by atoms with Gasteiger partial charge in [-0.15, -0.1) is 0 Å². The van der Waals surface area contributed by atoms with Gasteiger partial charge in [-0.1, -0.05) is 30.3 Å². The molecule has 5 rings (SSSR count). The van der Waals surface area contributed by atoms with Crippen LogP contribution in [0.2, 0.25) is 0 Å². The number of amides is 4. The number of ether oxygens (including phenoxy) is 2. The van der Waals surface area contributed by atoms with Crippen LogP contribution >= 0.6 is 0 Å². The number of nitrogens with one attached hydrogen (secondary N) is 1. The van der Waals surface area contributed by atoms with Gasteiger partial charge in [-0.25, -0.2) is 0 Å². The van der Waals surface area contributed by atoms with Crippen molar-refractivity contribution < 1.29 is 28.7 Å². The van der Waals surface area contributed by atoms with Crippen LogP contribution in [0, 0.1) is 0 Å². The molecule has 1 unspecified atom stereocenters. The van der Waals surface area contributed by atoms with E-state index in [4.69, 9.17) is 9.47 Å². The third-order valence-electron chi connectivity index (χ3n) is 6.44. The monoisotopic (exact) mass is 513 g/mol. The summed E-state index contributed by atoms with van der Waals surface area (Å²) in [4.78, 5) is 53.3. The van der Waals surface area contributed by atoms with E-state index >= 15 is 0 Å². The third kappa shape index (κ3) is 5.08. The van der Waals surface area contributed by atoms with E-state index in [0.717, 1.165) is 0 Å². The van der Waals surface area contributed by atoms with Gasteiger partial charge in [0.25, 0.3) is 17.7 Å². The van der Waals surface area contributed by atoms with Crippen molar-refractivity contribution in [1.29, 1.82) is 0 Å². The third-order valence-corrected chi connectivity index (χ3v) is 6.44. The number of hydrogen-bond donors (Lipinski definition) is 1. The molecule has 0 saturated carbocycles. The van der Waals surface area contributed by atoms with E-state index in [1.54, 1.807) is 54.3 Å². The van der Waals surface area contributed by atoms with Crippen LogP contribution in [0.3, 0.4) is 0 Å². The first-order valence-electron chi connectivity index (χ1n) is 12.5. The van der Waals surface area contributed by atoms with E-state index in [-0.39, 0.29) is 43.2 Å². The molecule has 3 aromatic carbocycles. The van der Waals surface area contributed by atoms with E-state index in [9.17, 15) is 19.2 Å². The highest BCUT2D eigenvalue weighted by molar-refractivity contribution is 6.21. The number of carbonyl (C=O) groups excluding carboxylic acids is 4. The van der Waals surface area contributed by atoms with E-state index in [2.05, 4.69) is 5.32 Å². The number of hydrogen-bond acceptors (Lipinski definition) is 6. The fourth-order valence-corrected chi connectivity index (χ4v) is 4.55. The predicted molar refractivity (Wildman–Crippen MR) is 140 cm³/mol.